The summed E-state index contributed by atoms with van der Waals surface area (Å²) >= 11 is 0. The van der Waals surface area contributed by atoms with Crippen molar-refractivity contribution in [2.24, 2.45) is 0 Å². The van der Waals surface area contributed by atoms with Gasteiger partial charge in [0.25, 0.3) is 5.56 Å². The standard InChI is InChI=1S/C30H31FN6O/c1-4-28(29-33-34-35-37(29)18-22-8-6-5-7-9-22)36(17-23-10-12-25(31)13-11-23)19-24-16-26-21(3)14-20(2)15-27(26)32-30(24)38/h5-16,28H,4,17-19H2,1-3H3,(H,32,38). The van der Waals surface area contributed by atoms with E-state index in [4.69, 9.17) is 0 Å². The summed E-state index contributed by atoms with van der Waals surface area (Å²) in [7, 11) is 0. The molecule has 38 heavy (non-hydrogen) atoms. The van der Waals surface area contributed by atoms with Gasteiger partial charge in [-0.3, -0.25) is 9.69 Å². The highest BCUT2D eigenvalue weighted by molar-refractivity contribution is 5.83. The molecular weight excluding hydrogens is 479 g/mol. The number of hydrogen-bond acceptors (Lipinski definition) is 5. The maximum absolute atomic E-state index is 13.7. The van der Waals surface area contributed by atoms with Crippen LogP contribution in [0.3, 0.4) is 0 Å². The molecule has 2 aromatic heterocycles. The van der Waals surface area contributed by atoms with Crippen LogP contribution in [0, 0.1) is 19.7 Å². The number of aryl methyl sites for hydroxylation is 2. The number of hydrogen-bond donors (Lipinski definition) is 1. The third-order valence-corrected chi connectivity index (χ3v) is 6.92. The smallest absolute Gasteiger partial charge is 0.252 e. The number of aromatic amines is 1. The first-order valence-electron chi connectivity index (χ1n) is 12.8. The average molecular weight is 511 g/mol. The summed E-state index contributed by atoms with van der Waals surface area (Å²) in [5.41, 5.74) is 5.63. The maximum atomic E-state index is 13.7. The normalized spacial score (nSPS) is 12.3. The highest BCUT2D eigenvalue weighted by atomic mass is 19.1. The van der Waals surface area contributed by atoms with Crippen molar-refractivity contribution in [1.29, 1.82) is 0 Å². The minimum Gasteiger partial charge on any atom is -0.322 e. The largest absolute Gasteiger partial charge is 0.322 e. The lowest BCUT2D eigenvalue weighted by Crippen LogP contribution is -2.32. The van der Waals surface area contributed by atoms with Crippen LogP contribution in [0.15, 0.2) is 77.6 Å². The molecule has 0 aliphatic rings. The number of halogens is 1. The van der Waals surface area contributed by atoms with Crippen molar-refractivity contribution in [3.63, 3.8) is 0 Å². The van der Waals surface area contributed by atoms with Gasteiger partial charge in [-0.15, -0.1) is 5.10 Å². The SMILES string of the molecule is CCC(c1nnnn1Cc1ccccc1)N(Cc1ccc(F)cc1)Cc1cc2c(C)cc(C)cc2[nH]c1=O. The van der Waals surface area contributed by atoms with Crippen molar-refractivity contribution in [1.82, 2.24) is 30.1 Å². The van der Waals surface area contributed by atoms with Crippen molar-refractivity contribution in [3.8, 4) is 0 Å². The molecule has 0 saturated carbocycles. The van der Waals surface area contributed by atoms with Gasteiger partial charge in [0.05, 0.1) is 12.6 Å². The first-order valence-corrected chi connectivity index (χ1v) is 12.8. The zero-order valence-corrected chi connectivity index (χ0v) is 21.9. The quantitative estimate of drug-likeness (QED) is 0.284. The molecule has 7 nitrogen and oxygen atoms in total. The molecule has 0 fully saturated rings. The van der Waals surface area contributed by atoms with Gasteiger partial charge in [0.2, 0.25) is 0 Å². The van der Waals surface area contributed by atoms with Crippen molar-refractivity contribution >= 4 is 10.9 Å². The number of aromatic nitrogens is 5. The molecular formula is C30H31FN6O. The fraction of sp³-hybridized carbons (Fsp3) is 0.267. The molecule has 5 aromatic rings. The van der Waals surface area contributed by atoms with E-state index in [1.807, 2.05) is 54.1 Å². The van der Waals surface area contributed by atoms with E-state index in [-0.39, 0.29) is 17.4 Å². The van der Waals surface area contributed by atoms with Crippen LogP contribution in [0.2, 0.25) is 0 Å². The molecule has 1 atom stereocenters. The van der Waals surface area contributed by atoms with E-state index in [0.717, 1.165) is 45.4 Å². The number of nitrogens with one attached hydrogen (secondary N) is 1. The molecule has 0 bridgehead atoms. The van der Waals surface area contributed by atoms with E-state index >= 15 is 0 Å². The molecule has 1 unspecified atom stereocenters. The highest BCUT2D eigenvalue weighted by Gasteiger charge is 2.26. The Morgan fingerprint density at radius 2 is 1.74 bits per heavy atom. The second-order valence-corrected chi connectivity index (χ2v) is 9.80. The molecule has 194 valence electrons. The van der Waals surface area contributed by atoms with Gasteiger partial charge in [0.15, 0.2) is 5.82 Å². The van der Waals surface area contributed by atoms with Gasteiger partial charge in [0.1, 0.15) is 5.82 Å². The van der Waals surface area contributed by atoms with E-state index in [1.165, 1.54) is 12.1 Å². The molecule has 0 radical (unpaired) electrons. The van der Waals surface area contributed by atoms with Crippen LogP contribution in [0.5, 0.6) is 0 Å². The van der Waals surface area contributed by atoms with E-state index in [9.17, 15) is 9.18 Å². The predicted molar refractivity (Wildman–Crippen MR) is 146 cm³/mol. The number of nitrogens with zero attached hydrogens (tertiary/aromatic N) is 5. The molecule has 0 spiro atoms. The highest BCUT2D eigenvalue weighted by Crippen LogP contribution is 2.27. The lowest BCUT2D eigenvalue weighted by atomic mass is 10.0. The fourth-order valence-corrected chi connectivity index (χ4v) is 5.08. The average Bonchev–Trinajstić information content (AvgIpc) is 3.34. The molecule has 0 saturated heterocycles. The van der Waals surface area contributed by atoms with Gasteiger partial charge >= 0.3 is 0 Å². The Bertz CT molecular complexity index is 1590. The Labute approximate surface area is 220 Å². The zero-order chi connectivity index (χ0) is 26.6. The number of tetrazole rings is 1. The third-order valence-electron chi connectivity index (χ3n) is 6.92. The van der Waals surface area contributed by atoms with Crippen LogP contribution < -0.4 is 5.56 Å². The number of H-pyrrole nitrogens is 1. The Balaban J connectivity index is 1.54. The van der Waals surface area contributed by atoms with Crippen molar-refractivity contribution in [2.75, 3.05) is 0 Å². The number of pyridine rings is 1. The summed E-state index contributed by atoms with van der Waals surface area (Å²) in [6.07, 6.45) is 0.722. The van der Waals surface area contributed by atoms with Gasteiger partial charge < -0.3 is 4.98 Å². The summed E-state index contributed by atoms with van der Waals surface area (Å²) in [6.45, 7) is 7.59. The van der Waals surface area contributed by atoms with Gasteiger partial charge in [-0.2, -0.15) is 0 Å². The number of fused-ring (bicyclic) bond motifs is 1. The maximum Gasteiger partial charge on any atom is 0.252 e. The lowest BCUT2D eigenvalue weighted by molar-refractivity contribution is 0.161. The monoisotopic (exact) mass is 510 g/mol. The Morgan fingerprint density at radius 1 is 0.974 bits per heavy atom. The summed E-state index contributed by atoms with van der Waals surface area (Å²) in [6, 6.07) is 22.5. The minimum atomic E-state index is -0.282. The van der Waals surface area contributed by atoms with E-state index in [2.05, 4.69) is 45.3 Å². The van der Waals surface area contributed by atoms with Crippen LogP contribution in [0.1, 0.15) is 53.0 Å². The first kappa shape index (κ1) is 25.5. The van der Waals surface area contributed by atoms with Crippen molar-refractivity contribution in [2.45, 2.75) is 52.9 Å². The van der Waals surface area contributed by atoms with Gasteiger partial charge in [-0.25, -0.2) is 9.07 Å². The second kappa shape index (κ2) is 11.1. The predicted octanol–water partition coefficient (Wildman–Crippen LogP) is 5.47. The van der Waals surface area contributed by atoms with E-state index in [0.29, 0.717) is 25.2 Å². The van der Waals surface area contributed by atoms with Crippen molar-refractivity contribution in [3.05, 3.63) is 123 Å². The Hall–Kier alpha value is -4.17. The van der Waals surface area contributed by atoms with Crippen molar-refractivity contribution < 1.29 is 4.39 Å². The number of benzene rings is 3. The molecule has 8 heteroatoms. The fourth-order valence-electron chi connectivity index (χ4n) is 5.08. The van der Waals surface area contributed by atoms with Crippen LogP contribution in [0.25, 0.3) is 10.9 Å². The second-order valence-electron chi connectivity index (χ2n) is 9.80. The van der Waals surface area contributed by atoms with Crippen LogP contribution in [0.4, 0.5) is 4.39 Å². The van der Waals surface area contributed by atoms with Crippen LogP contribution in [-0.2, 0) is 19.6 Å². The summed E-state index contributed by atoms with van der Waals surface area (Å²) in [5, 5.41) is 13.7. The molecule has 2 heterocycles. The summed E-state index contributed by atoms with van der Waals surface area (Å²) in [4.78, 5) is 18.5. The molecule has 0 aliphatic carbocycles. The van der Waals surface area contributed by atoms with E-state index in [1.54, 1.807) is 12.1 Å². The third kappa shape index (κ3) is 5.55. The van der Waals surface area contributed by atoms with Crippen LogP contribution >= 0.6 is 0 Å². The van der Waals surface area contributed by atoms with Gasteiger partial charge in [-0.05, 0) is 77.2 Å². The molecule has 5 rings (SSSR count). The van der Waals surface area contributed by atoms with Crippen LogP contribution in [-0.4, -0.2) is 30.1 Å². The number of rotatable bonds is 9. The topological polar surface area (TPSA) is 79.7 Å². The summed E-state index contributed by atoms with van der Waals surface area (Å²) in [5.74, 6) is 0.443. The molecule has 3 aromatic carbocycles. The molecule has 1 N–H and O–H groups in total. The lowest BCUT2D eigenvalue weighted by Gasteiger charge is -2.30. The Kier molecular flexibility index (Phi) is 7.42. The first-order chi connectivity index (χ1) is 18.4. The zero-order valence-electron chi connectivity index (χ0n) is 21.9. The van der Waals surface area contributed by atoms with Gasteiger partial charge in [0, 0.05) is 29.6 Å². The van der Waals surface area contributed by atoms with Gasteiger partial charge in [-0.1, -0.05) is 55.5 Å². The molecule has 0 aliphatic heterocycles. The minimum absolute atomic E-state index is 0.120. The molecule has 0 amide bonds. The Morgan fingerprint density at radius 3 is 2.47 bits per heavy atom. The summed E-state index contributed by atoms with van der Waals surface area (Å²) < 4.78 is 15.5. The van der Waals surface area contributed by atoms with E-state index < -0.39 is 0 Å².